The zero-order valence-electron chi connectivity index (χ0n) is 19.2. The molecule has 2 atom stereocenters. The summed E-state index contributed by atoms with van der Waals surface area (Å²) in [4.78, 5) is 17.2. The van der Waals surface area contributed by atoms with Gasteiger partial charge in [0, 0.05) is 28.3 Å². The molecule has 2 aromatic heterocycles. The van der Waals surface area contributed by atoms with Crippen LogP contribution >= 0.6 is 0 Å². The molecule has 0 saturated carbocycles. The predicted octanol–water partition coefficient (Wildman–Crippen LogP) is 5.92. The second-order valence-corrected chi connectivity index (χ2v) is 9.46. The third-order valence-electron chi connectivity index (χ3n) is 5.81. The number of carbonyl (C=O) groups is 1. The quantitative estimate of drug-likeness (QED) is 0.551. The Balaban J connectivity index is 2.40. The van der Waals surface area contributed by atoms with Crippen LogP contribution in [0.5, 0.6) is 0 Å². The van der Waals surface area contributed by atoms with E-state index in [0.717, 1.165) is 52.3 Å². The zero-order valence-corrected chi connectivity index (χ0v) is 19.2. The van der Waals surface area contributed by atoms with Gasteiger partial charge >= 0.3 is 5.97 Å². The second-order valence-electron chi connectivity index (χ2n) is 9.46. The summed E-state index contributed by atoms with van der Waals surface area (Å²) in [5.74, 6) is -1.45. The summed E-state index contributed by atoms with van der Waals surface area (Å²) in [5.41, 5.74) is 6.04. The van der Waals surface area contributed by atoms with Gasteiger partial charge in [-0.15, -0.1) is 0 Å². The lowest BCUT2D eigenvalue weighted by Gasteiger charge is -2.25. The SMILES string of the molecule is CCCC(C)C(C(=O)O)c1c(C)nc2cc(C(C)(C)C)nn2c1-c1ccc(C)cc1. The minimum Gasteiger partial charge on any atom is -0.481 e. The van der Waals surface area contributed by atoms with Crippen molar-refractivity contribution in [1.82, 2.24) is 14.6 Å². The van der Waals surface area contributed by atoms with Gasteiger partial charge in [0.25, 0.3) is 0 Å². The molecule has 0 aliphatic heterocycles. The third kappa shape index (κ3) is 4.11. The third-order valence-corrected chi connectivity index (χ3v) is 5.81. The lowest BCUT2D eigenvalue weighted by atomic mass is 9.81. The van der Waals surface area contributed by atoms with Crippen molar-refractivity contribution in [2.45, 2.75) is 72.6 Å². The molecule has 0 amide bonds. The van der Waals surface area contributed by atoms with Crippen LogP contribution in [0.15, 0.2) is 30.3 Å². The van der Waals surface area contributed by atoms with Gasteiger partial charge < -0.3 is 5.11 Å². The molecule has 0 spiro atoms. The number of hydrogen-bond acceptors (Lipinski definition) is 3. The van der Waals surface area contributed by atoms with Crippen LogP contribution in [-0.2, 0) is 10.2 Å². The van der Waals surface area contributed by atoms with E-state index >= 15 is 0 Å². The molecule has 0 radical (unpaired) electrons. The van der Waals surface area contributed by atoms with Gasteiger partial charge in [0.1, 0.15) is 0 Å². The van der Waals surface area contributed by atoms with Gasteiger partial charge in [-0.1, -0.05) is 70.9 Å². The van der Waals surface area contributed by atoms with Crippen LogP contribution in [0.25, 0.3) is 16.9 Å². The number of aliphatic carboxylic acids is 1. The van der Waals surface area contributed by atoms with Crippen LogP contribution in [0.4, 0.5) is 0 Å². The predicted molar refractivity (Wildman–Crippen MR) is 121 cm³/mol. The minimum atomic E-state index is -0.809. The Bertz CT molecular complexity index is 1060. The van der Waals surface area contributed by atoms with E-state index in [2.05, 4.69) is 52.0 Å². The Morgan fingerprint density at radius 3 is 2.33 bits per heavy atom. The van der Waals surface area contributed by atoms with Gasteiger partial charge in [-0.25, -0.2) is 9.50 Å². The number of aryl methyl sites for hydroxylation is 2. The molecule has 30 heavy (non-hydrogen) atoms. The molecule has 5 nitrogen and oxygen atoms in total. The molecule has 1 N–H and O–H groups in total. The fourth-order valence-electron chi connectivity index (χ4n) is 4.13. The summed E-state index contributed by atoms with van der Waals surface area (Å²) < 4.78 is 1.85. The Kier molecular flexibility index (Phi) is 6.02. The summed E-state index contributed by atoms with van der Waals surface area (Å²) >= 11 is 0. The van der Waals surface area contributed by atoms with Gasteiger partial charge in [0.2, 0.25) is 0 Å². The van der Waals surface area contributed by atoms with Crippen LogP contribution in [0.3, 0.4) is 0 Å². The summed E-state index contributed by atoms with van der Waals surface area (Å²) in [5, 5.41) is 15.1. The number of nitrogens with zero attached hydrogens (tertiary/aromatic N) is 3. The molecule has 1 aromatic carbocycles. The van der Waals surface area contributed by atoms with Crippen LogP contribution < -0.4 is 0 Å². The molecular weight excluding hydrogens is 374 g/mol. The first kappa shape index (κ1) is 22.0. The van der Waals surface area contributed by atoms with E-state index in [1.165, 1.54) is 0 Å². The van der Waals surface area contributed by atoms with Crippen molar-refractivity contribution >= 4 is 11.6 Å². The number of benzene rings is 1. The highest BCUT2D eigenvalue weighted by molar-refractivity contribution is 5.82. The number of rotatable bonds is 6. The van der Waals surface area contributed by atoms with E-state index in [1.54, 1.807) is 0 Å². The van der Waals surface area contributed by atoms with Crippen molar-refractivity contribution in [1.29, 1.82) is 0 Å². The van der Waals surface area contributed by atoms with E-state index in [1.807, 2.05) is 31.4 Å². The highest BCUT2D eigenvalue weighted by Crippen LogP contribution is 2.38. The van der Waals surface area contributed by atoms with Crippen molar-refractivity contribution in [3.63, 3.8) is 0 Å². The van der Waals surface area contributed by atoms with Crippen molar-refractivity contribution in [3.05, 3.63) is 52.8 Å². The molecule has 0 fully saturated rings. The summed E-state index contributed by atoms with van der Waals surface area (Å²) in [6.45, 7) is 14.5. The number of carboxylic acid groups (broad SMARTS) is 1. The Labute approximate surface area is 179 Å². The molecule has 3 rings (SSSR count). The van der Waals surface area contributed by atoms with E-state index in [4.69, 9.17) is 10.1 Å². The maximum absolute atomic E-state index is 12.4. The standard InChI is InChI=1S/C25H33N3O2/c1-8-9-16(3)21(24(29)30)22-17(4)26-20-14-19(25(5,6)7)27-28(20)23(22)18-12-10-15(2)11-13-18/h10-14,16,21H,8-9H2,1-7H3,(H,29,30). The van der Waals surface area contributed by atoms with E-state index in [-0.39, 0.29) is 11.3 Å². The maximum atomic E-state index is 12.4. The fraction of sp³-hybridized carbons (Fsp3) is 0.480. The van der Waals surface area contributed by atoms with Crippen molar-refractivity contribution in [3.8, 4) is 11.3 Å². The molecule has 5 heteroatoms. The molecule has 2 heterocycles. The molecule has 2 unspecified atom stereocenters. The first-order valence-electron chi connectivity index (χ1n) is 10.7. The number of aromatic nitrogens is 3. The largest absolute Gasteiger partial charge is 0.481 e. The Morgan fingerprint density at radius 1 is 1.17 bits per heavy atom. The van der Waals surface area contributed by atoms with E-state index in [9.17, 15) is 9.90 Å². The van der Waals surface area contributed by atoms with Gasteiger partial charge in [0.15, 0.2) is 5.65 Å². The molecular formula is C25H33N3O2. The lowest BCUT2D eigenvalue weighted by Crippen LogP contribution is -2.23. The molecule has 0 aliphatic carbocycles. The van der Waals surface area contributed by atoms with Crippen LogP contribution in [-0.4, -0.2) is 25.7 Å². The molecule has 0 aliphatic rings. The van der Waals surface area contributed by atoms with Crippen molar-refractivity contribution < 1.29 is 9.90 Å². The van der Waals surface area contributed by atoms with Crippen LogP contribution in [0.1, 0.15) is 75.9 Å². The molecule has 0 saturated heterocycles. The molecule has 3 aromatic rings. The monoisotopic (exact) mass is 407 g/mol. The number of hydrogen-bond donors (Lipinski definition) is 1. The van der Waals surface area contributed by atoms with Crippen LogP contribution in [0.2, 0.25) is 0 Å². The van der Waals surface area contributed by atoms with E-state index < -0.39 is 11.9 Å². The average molecular weight is 408 g/mol. The topological polar surface area (TPSA) is 67.5 Å². The Morgan fingerprint density at radius 2 is 1.80 bits per heavy atom. The van der Waals surface area contributed by atoms with Crippen molar-refractivity contribution in [2.75, 3.05) is 0 Å². The van der Waals surface area contributed by atoms with Gasteiger partial charge in [-0.05, 0) is 26.2 Å². The average Bonchev–Trinajstić information content (AvgIpc) is 3.07. The minimum absolute atomic E-state index is 0.00713. The molecule has 160 valence electrons. The van der Waals surface area contributed by atoms with Gasteiger partial charge in [-0.3, -0.25) is 4.79 Å². The van der Waals surface area contributed by atoms with Gasteiger partial charge in [0.05, 0.1) is 17.3 Å². The fourth-order valence-corrected chi connectivity index (χ4v) is 4.13. The number of carboxylic acids is 1. The summed E-state index contributed by atoms with van der Waals surface area (Å²) in [6.07, 6.45) is 1.78. The second kappa shape index (κ2) is 8.21. The zero-order chi connectivity index (χ0) is 22.2. The first-order chi connectivity index (χ1) is 14.0. The highest BCUT2D eigenvalue weighted by Gasteiger charge is 2.33. The summed E-state index contributed by atoms with van der Waals surface area (Å²) in [7, 11) is 0. The highest BCUT2D eigenvalue weighted by atomic mass is 16.4. The summed E-state index contributed by atoms with van der Waals surface area (Å²) in [6, 6.07) is 10.2. The molecule has 0 bridgehead atoms. The van der Waals surface area contributed by atoms with Crippen LogP contribution in [0, 0.1) is 19.8 Å². The number of fused-ring (bicyclic) bond motifs is 1. The lowest BCUT2D eigenvalue weighted by molar-refractivity contribution is -0.140. The van der Waals surface area contributed by atoms with Crippen molar-refractivity contribution in [2.24, 2.45) is 5.92 Å². The Hall–Kier alpha value is -2.69. The van der Waals surface area contributed by atoms with Gasteiger partial charge in [-0.2, -0.15) is 5.10 Å². The normalized spacial score (nSPS) is 14.1. The van der Waals surface area contributed by atoms with E-state index in [0.29, 0.717) is 0 Å². The first-order valence-corrected chi connectivity index (χ1v) is 10.7. The smallest absolute Gasteiger partial charge is 0.311 e. The maximum Gasteiger partial charge on any atom is 0.311 e.